The molecule has 2 aromatic carbocycles. The summed E-state index contributed by atoms with van der Waals surface area (Å²) in [6.07, 6.45) is 0. The number of nitrogens with zero attached hydrogens (tertiary/aromatic N) is 1. The molecule has 1 aliphatic rings. The number of ether oxygens (including phenoxy) is 2. The second-order valence-electron chi connectivity index (χ2n) is 6.78. The lowest BCUT2D eigenvalue weighted by molar-refractivity contribution is -0.917. The van der Waals surface area contributed by atoms with Gasteiger partial charge in [-0.05, 0) is 25.1 Å². The third-order valence-electron chi connectivity index (χ3n) is 4.92. The van der Waals surface area contributed by atoms with Gasteiger partial charge in [0.15, 0.2) is 11.5 Å². The predicted octanol–water partition coefficient (Wildman–Crippen LogP) is 1.55. The van der Waals surface area contributed by atoms with Crippen molar-refractivity contribution in [1.82, 2.24) is 4.90 Å². The van der Waals surface area contributed by atoms with Crippen molar-refractivity contribution in [3.8, 4) is 11.5 Å². The first-order chi connectivity index (χ1) is 12.6. The van der Waals surface area contributed by atoms with Gasteiger partial charge in [0.25, 0.3) is 5.91 Å². The minimum Gasteiger partial charge on any atom is -0.493 e. The summed E-state index contributed by atoms with van der Waals surface area (Å²) < 4.78 is 10.5. The quantitative estimate of drug-likeness (QED) is 0.885. The highest BCUT2D eigenvalue weighted by Crippen LogP contribution is 2.28. The number of aryl methyl sites for hydroxylation is 1. The number of rotatable bonds is 5. The van der Waals surface area contributed by atoms with Crippen LogP contribution in [0.3, 0.4) is 0 Å². The van der Waals surface area contributed by atoms with Gasteiger partial charge in [-0.1, -0.05) is 29.8 Å². The number of carbonyl (C=O) groups excluding carboxylic acids is 1. The highest BCUT2D eigenvalue weighted by molar-refractivity contribution is 5.95. The second-order valence-corrected chi connectivity index (χ2v) is 6.78. The van der Waals surface area contributed by atoms with Crippen molar-refractivity contribution in [3.63, 3.8) is 0 Å². The molecule has 138 valence electrons. The number of piperazine rings is 1. The number of hydrogen-bond acceptors (Lipinski definition) is 3. The van der Waals surface area contributed by atoms with Gasteiger partial charge >= 0.3 is 0 Å². The van der Waals surface area contributed by atoms with E-state index in [1.165, 1.54) is 16.0 Å². The van der Waals surface area contributed by atoms with Crippen LogP contribution >= 0.6 is 0 Å². The Morgan fingerprint density at radius 1 is 1.04 bits per heavy atom. The Morgan fingerprint density at radius 3 is 2.42 bits per heavy atom. The fourth-order valence-corrected chi connectivity index (χ4v) is 3.47. The molecule has 0 radical (unpaired) electrons. The molecule has 1 saturated heterocycles. The molecule has 26 heavy (non-hydrogen) atoms. The Bertz CT molecular complexity index is 768. The maximum Gasteiger partial charge on any atom is 0.254 e. The van der Waals surface area contributed by atoms with Crippen LogP contribution in [-0.2, 0) is 6.54 Å². The minimum atomic E-state index is 0.0561. The van der Waals surface area contributed by atoms with Gasteiger partial charge in [-0.3, -0.25) is 4.79 Å². The minimum absolute atomic E-state index is 0.0561. The molecule has 2 aromatic rings. The van der Waals surface area contributed by atoms with Crippen LogP contribution in [0.15, 0.2) is 42.5 Å². The van der Waals surface area contributed by atoms with E-state index in [-0.39, 0.29) is 5.91 Å². The number of nitrogens with one attached hydrogen (secondary N) is 1. The Morgan fingerprint density at radius 2 is 1.77 bits per heavy atom. The van der Waals surface area contributed by atoms with E-state index in [0.29, 0.717) is 17.1 Å². The molecule has 1 heterocycles. The van der Waals surface area contributed by atoms with Crippen molar-refractivity contribution in [2.24, 2.45) is 0 Å². The molecule has 1 aliphatic heterocycles. The van der Waals surface area contributed by atoms with E-state index >= 15 is 0 Å². The van der Waals surface area contributed by atoms with Crippen LogP contribution in [0.1, 0.15) is 21.5 Å². The average Bonchev–Trinajstić information content (AvgIpc) is 2.67. The number of benzene rings is 2. The van der Waals surface area contributed by atoms with Crippen molar-refractivity contribution in [1.29, 1.82) is 0 Å². The second kappa shape index (κ2) is 8.23. The Kier molecular flexibility index (Phi) is 5.78. The van der Waals surface area contributed by atoms with Crippen molar-refractivity contribution < 1.29 is 19.2 Å². The monoisotopic (exact) mass is 355 g/mol. The number of carbonyl (C=O) groups is 1. The van der Waals surface area contributed by atoms with E-state index in [1.807, 2.05) is 4.90 Å². The van der Waals surface area contributed by atoms with E-state index in [0.717, 1.165) is 32.7 Å². The summed E-state index contributed by atoms with van der Waals surface area (Å²) in [5.41, 5.74) is 3.30. The van der Waals surface area contributed by atoms with Crippen LogP contribution in [0.5, 0.6) is 11.5 Å². The molecule has 5 heteroatoms. The lowest BCUT2D eigenvalue weighted by atomic mass is 10.1. The summed E-state index contributed by atoms with van der Waals surface area (Å²) in [4.78, 5) is 16.2. The van der Waals surface area contributed by atoms with E-state index in [1.54, 1.807) is 32.4 Å². The van der Waals surface area contributed by atoms with Crippen LogP contribution in [0.2, 0.25) is 0 Å². The maximum absolute atomic E-state index is 12.8. The van der Waals surface area contributed by atoms with Crippen LogP contribution in [0.25, 0.3) is 0 Å². The molecule has 0 spiro atoms. The molecule has 0 saturated carbocycles. The first kappa shape index (κ1) is 18.3. The highest BCUT2D eigenvalue weighted by atomic mass is 16.5. The Labute approximate surface area is 155 Å². The third kappa shape index (κ3) is 4.17. The smallest absolute Gasteiger partial charge is 0.254 e. The lowest BCUT2D eigenvalue weighted by Gasteiger charge is -2.32. The molecule has 1 N–H and O–H groups in total. The Balaban J connectivity index is 1.60. The number of methoxy groups -OCH3 is 2. The standard InChI is InChI=1S/C21H26N2O3/c1-16-5-4-6-17(13-16)15-22-9-11-23(12-10-22)21(24)18-7-8-19(25-2)20(14-18)26-3/h4-8,13-14H,9-12,15H2,1-3H3/p+1. The molecular formula is C21H27N2O3+. The molecule has 0 bridgehead atoms. The topological polar surface area (TPSA) is 43.2 Å². The molecule has 0 aliphatic carbocycles. The summed E-state index contributed by atoms with van der Waals surface area (Å²) in [5.74, 6) is 1.28. The van der Waals surface area contributed by atoms with Crippen molar-refractivity contribution in [2.45, 2.75) is 13.5 Å². The van der Waals surface area contributed by atoms with Gasteiger partial charge in [-0.2, -0.15) is 0 Å². The van der Waals surface area contributed by atoms with E-state index < -0.39 is 0 Å². The molecule has 1 amide bonds. The largest absolute Gasteiger partial charge is 0.493 e. The summed E-state index contributed by atoms with van der Waals surface area (Å²) in [5, 5.41) is 0. The summed E-state index contributed by atoms with van der Waals surface area (Å²) in [6.45, 7) is 6.61. The maximum atomic E-state index is 12.8. The predicted molar refractivity (Wildman–Crippen MR) is 101 cm³/mol. The summed E-state index contributed by atoms with van der Waals surface area (Å²) in [7, 11) is 3.18. The molecule has 0 atom stereocenters. The normalized spacial score (nSPS) is 15.0. The van der Waals surface area contributed by atoms with Crippen LogP contribution in [-0.4, -0.2) is 51.2 Å². The molecule has 0 aromatic heterocycles. The van der Waals surface area contributed by atoms with E-state index in [4.69, 9.17) is 9.47 Å². The zero-order chi connectivity index (χ0) is 18.5. The zero-order valence-electron chi connectivity index (χ0n) is 15.7. The van der Waals surface area contributed by atoms with Gasteiger partial charge in [0, 0.05) is 11.1 Å². The van der Waals surface area contributed by atoms with Crippen LogP contribution < -0.4 is 14.4 Å². The van der Waals surface area contributed by atoms with Crippen molar-refractivity contribution in [3.05, 3.63) is 59.2 Å². The SMILES string of the molecule is COc1ccc(C(=O)N2CC[NH+](Cc3cccc(C)c3)CC2)cc1OC. The third-order valence-corrected chi connectivity index (χ3v) is 4.92. The average molecular weight is 355 g/mol. The van der Waals surface area contributed by atoms with Gasteiger partial charge in [0.05, 0.1) is 40.4 Å². The van der Waals surface area contributed by atoms with Crippen molar-refractivity contribution in [2.75, 3.05) is 40.4 Å². The van der Waals surface area contributed by atoms with E-state index in [2.05, 4.69) is 31.2 Å². The molecule has 5 nitrogen and oxygen atoms in total. The summed E-state index contributed by atoms with van der Waals surface area (Å²) >= 11 is 0. The fourth-order valence-electron chi connectivity index (χ4n) is 3.47. The van der Waals surface area contributed by atoms with Crippen LogP contribution in [0, 0.1) is 6.92 Å². The van der Waals surface area contributed by atoms with Gasteiger partial charge in [0.2, 0.25) is 0 Å². The number of amides is 1. The van der Waals surface area contributed by atoms with Gasteiger partial charge in [0.1, 0.15) is 6.54 Å². The molecule has 0 unspecified atom stereocenters. The molecular weight excluding hydrogens is 328 g/mol. The molecule has 1 fully saturated rings. The number of quaternary nitrogens is 1. The number of hydrogen-bond donors (Lipinski definition) is 1. The fraction of sp³-hybridized carbons (Fsp3) is 0.381. The van der Waals surface area contributed by atoms with E-state index in [9.17, 15) is 4.79 Å². The van der Waals surface area contributed by atoms with Crippen LogP contribution in [0.4, 0.5) is 0 Å². The van der Waals surface area contributed by atoms with Crippen molar-refractivity contribution >= 4 is 5.91 Å². The molecule has 3 rings (SSSR count). The first-order valence-electron chi connectivity index (χ1n) is 9.01. The van der Waals surface area contributed by atoms with Gasteiger partial charge < -0.3 is 19.3 Å². The Hall–Kier alpha value is -2.53. The zero-order valence-corrected chi connectivity index (χ0v) is 15.7. The van der Waals surface area contributed by atoms with Gasteiger partial charge in [-0.15, -0.1) is 0 Å². The first-order valence-corrected chi connectivity index (χ1v) is 9.01. The lowest BCUT2D eigenvalue weighted by Crippen LogP contribution is -3.13. The summed E-state index contributed by atoms with van der Waals surface area (Å²) in [6, 6.07) is 14.0. The highest BCUT2D eigenvalue weighted by Gasteiger charge is 2.25. The van der Waals surface area contributed by atoms with Gasteiger partial charge in [-0.25, -0.2) is 0 Å².